The number of nitrogens with two attached hydrogens (primary N) is 1. The van der Waals surface area contributed by atoms with Crippen LogP contribution in [0.4, 0.5) is 0 Å². The normalized spacial score (nSPS) is 6.10. The van der Waals surface area contributed by atoms with Gasteiger partial charge in [0.25, 0.3) is 5.91 Å². The highest BCUT2D eigenvalue weighted by molar-refractivity contribution is 5.86. The lowest BCUT2D eigenvalue weighted by Crippen LogP contribution is -2.27. The number of nitrogens with one attached hydrogen (secondary N) is 1. The highest BCUT2D eigenvalue weighted by atomic mass is 16.2. The summed E-state index contributed by atoms with van der Waals surface area (Å²) in [5, 5.41) is 0. The molecule has 0 saturated carbocycles. The summed E-state index contributed by atoms with van der Waals surface area (Å²) in [5.41, 5.74) is 1.86. The number of allylic oxidation sites excluding steroid dienone is 1. The minimum Gasteiger partial charge on any atom is -0.299 e. The fourth-order valence-corrected chi connectivity index (χ4v) is 0.0589. The third kappa shape index (κ3) is 16.0. The first-order valence-corrected chi connectivity index (χ1v) is 2.42. The Morgan fingerprint density at radius 2 is 1.90 bits per heavy atom. The Hall–Kier alpha value is -1.42. The van der Waals surface area contributed by atoms with Crippen LogP contribution < -0.4 is 11.3 Å². The van der Waals surface area contributed by atoms with Gasteiger partial charge in [-0.15, -0.1) is 0 Å². The topological polar surface area (TPSA) is 72.2 Å². The van der Waals surface area contributed by atoms with Gasteiger partial charge in [0.1, 0.15) is 6.29 Å². The largest absolute Gasteiger partial charge is 0.299 e. The molecule has 0 atom stereocenters. The summed E-state index contributed by atoms with van der Waals surface area (Å²) in [6, 6.07) is 0. The van der Waals surface area contributed by atoms with E-state index in [4.69, 9.17) is 4.79 Å². The number of aldehydes is 1. The molecular formula is C6H10N2O2. The summed E-state index contributed by atoms with van der Waals surface area (Å²) < 4.78 is 0. The maximum Gasteiger partial charge on any atom is 0.257 e. The molecule has 0 aromatic carbocycles. The van der Waals surface area contributed by atoms with E-state index in [9.17, 15) is 4.79 Å². The Labute approximate surface area is 59.4 Å². The maximum atomic E-state index is 9.83. The molecule has 0 saturated heterocycles. The van der Waals surface area contributed by atoms with E-state index in [0.29, 0.717) is 6.29 Å². The molecule has 0 bridgehead atoms. The summed E-state index contributed by atoms with van der Waals surface area (Å²) in [4.78, 5) is 18.9. The SMILES string of the molecule is C=CC(=O)NN.C=CC=O. The summed E-state index contributed by atoms with van der Waals surface area (Å²) in [7, 11) is 0. The molecule has 0 aliphatic heterocycles. The maximum absolute atomic E-state index is 9.83. The van der Waals surface area contributed by atoms with E-state index in [1.165, 1.54) is 6.08 Å². The van der Waals surface area contributed by atoms with Gasteiger partial charge in [0.2, 0.25) is 0 Å². The van der Waals surface area contributed by atoms with Gasteiger partial charge in [0, 0.05) is 0 Å². The van der Waals surface area contributed by atoms with E-state index >= 15 is 0 Å². The molecule has 0 radical (unpaired) electrons. The van der Waals surface area contributed by atoms with Crippen molar-refractivity contribution >= 4 is 12.2 Å². The molecule has 0 aliphatic carbocycles. The van der Waals surface area contributed by atoms with Crippen molar-refractivity contribution in [3.8, 4) is 0 Å². The Balaban J connectivity index is 0. The molecule has 0 unspecified atom stereocenters. The average Bonchev–Trinajstić information content (AvgIpc) is 2.03. The van der Waals surface area contributed by atoms with Gasteiger partial charge in [-0.1, -0.05) is 13.2 Å². The van der Waals surface area contributed by atoms with Crippen LogP contribution in [0, 0.1) is 0 Å². The number of hydrogen-bond acceptors (Lipinski definition) is 3. The second-order valence-electron chi connectivity index (χ2n) is 1.08. The van der Waals surface area contributed by atoms with Crippen LogP contribution >= 0.6 is 0 Å². The van der Waals surface area contributed by atoms with Crippen LogP contribution in [0.2, 0.25) is 0 Å². The summed E-state index contributed by atoms with van der Waals surface area (Å²) in [5.74, 6) is 4.25. The molecule has 4 heteroatoms. The van der Waals surface area contributed by atoms with Crippen LogP contribution in [-0.4, -0.2) is 12.2 Å². The number of carbonyl (C=O) groups is 2. The third-order valence-electron chi connectivity index (χ3n) is 0.424. The van der Waals surface area contributed by atoms with Crippen LogP contribution in [0.25, 0.3) is 0 Å². The number of rotatable bonds is 2. The summed E-state index contributed by atoms with van der Waals surface area (Å²) >= 11 is 0. The van der Waals surface area contributed by atoms with Crippen molar-refractivity contribution in [3.63, 3.8) is 0 Å². The second-order valence-corrected chi connectivity index (χ2v) is 1.08. The van der Waals surface area contributed by atoms with E-state index in [1.807, 2.05) is 5.43 Å². The number of carbonyl (C=O) groups excluding carboxylic acids is 2. The van der Waals surface area contributed by atoms with Crippen LogP contribution in [0.15, 0.2) is 25.3 Å². The van der Waals surface area contributed by atoms with Crippen LogP contribution in [-0.2, 0) is 9.59 Å². The average molecular weight is 142 g/mol. The van der Waals surface area contributed by atoms with Crippen LogP contribution in [0.1, 0.15) is 0 Å². The summed E-state index contributed by atoms with van der Waals surface area (Å²) in [6.07, 6.45) is 2.93. The molecule has 4 nitrogen and oxygen atoms in total. The minimum absolute atomic E-state index is 0.366. The zero-order valence-corrected chi connectivity index (χ0v) is 5.54. The van der Waals surface area contributed by atoms with Gasteiger partial charge in [0.15, 0.2) is 0 Å². The van der Waals surface area contributed by atoms with Crippen molar-refractivity contribution in [2.24, 2.45) is 5.84 Å². The second kappa shape index (κ2) is 10.5. The molecule has 0 fully saturated rings. The van der Waals surface area contributed by atoms with E-state index < -0.39 is 0 Å². The molecule has 1 amide bonds. The Kier molecular flexibility index (Phi) is 12.0. The highest BCUT2D eigenvalue weighted by Gasteiger charge is 1.79. The summed E-state index contributed by atoms with van der Waals surface area (Å²) in [6.45, 7) is 6.25. The minimum atomic E-state index is -0.366. The van der Waals surface area contributed by atoms with Gasteiger partial charge in [-0.05, 0) is 12.2 Å². The standard InChI is InChI=1S/C3H6N2O.C3H4O/c1-2-3(6)5-4;1-2-3-4/h2H,1,4H2,(H,5,6);2-3H,1H2. The first-order valence-electron chi connectivity index (χ1n) is 2.42. The quantitative estimate of drug-likeness (QED) is 0.180. The van der Waals surface area contributed by atoms with Gasteiger partial charge in [0.05, 0.1) is 0 Å². The van der Waals surface area contributed by atoms with Crippen molar-refractivity contribution in [2.45, 2.75) is 0 Å². The van der Waals surface area contributed by atoms with Crippen molar-refractivity contribution in [1.82, 2.24) is 5.43 Å². The lowest BCUT2D eigenvalue weighted by Gasteiger charge is -1.82. The molecule has 10 heavy (non-hydrogen) atoms. The van der Waals surface area contributed by atoms with E-state index in [0.717, 1.165) is 6.08 Å². The fourth-order valence-electron chi connectivity index (χ4n) is 0.0589. The Morgan fingerprint density at radius 1 is 1.50 bits per heavy atom. The van der Waals surface area contributed by atoms with Crippen molar-refractivity contribution < 1.29 is 9.59 Å². The molecule has 56 valence electrons. The number of hydrazine groups is 1. The van der Waals surface area contributed by atoms with Gasteiger partial charge in [-0.3, -0.25) is 15.0 Å². The van der Waals surface area contributed by atoms with Crippen molar-refractivity contribution in [1.29, 1.82) is 0 Å². The molecule has 3 N–H and O–H groups in total. The first-order chi connectivity index (χ1) is 4.72. The fraction of sp³-hybridized carbons (Fsp3) is 0. The van der Waals surface area contributed by atoms with Gasteiger partial charge in [-0.25, -0.2) is 5.84 Å². The molecule has 0 rings (SSSR count). The molecule has 0 spiro atoms. The van der Waals surface area contributed by atoms with Gasteiger partial charge in [-0.2, -0.15) is 0 Å². The predicted octanol–water partition coefficient (Wildman–Crippen LogP) is -0.466. The first kappa shape index (κ1) is 11.4. The monoisotopic (exact) mass is 142 g/mol. The number of amides is 1. The molecule has 0 aliphatic rings. The van der Waals surface area contributed by atoms with Crippen molar-refractivity contribution in [3.05, 3.63) is 25.3 Å². The predicted molar refractivity (Wildman–Crippen MR) is 38.8 cm³/mol. The Bertz CT molecular complexity index is 126. The van der Waals surface area contributed by atoms with Gasteiger partial charge < -0.3 is 0 Å². The smallest absolute Gasteiger partial charge is 0.257 e. The van der Waals surface area contributed by atoms with E-state index in [2.05, 4.69) is 19.0 Å². The Morgan fingerprint density at radius 3 is 1.90 bits per heavy atom. The molecular weight excluding hydrogens is 132 g/mol. The van der Waals surface area contributed by atoms with Crippen molar-refractivity contribution in [2.75, 3.05) is 0 Å². The lowest BCUT2D eigenvalue weighted by molar-refractivity contribution is -0.116. The highest BCUT2D eigenvalue weighted by Crippen LogP contribution is 1.54. The van der Waals surface area contributed by atoms with Crippen LogP contribution in [0.5, 0.6) is 0 Å². The zero-order chi connectivity index (χ0) is 8.41. The number of hydrogen-bond donors (Lipinski definition) is 2. The van der Waals surface area contributed by atoms with Gasteiger partial charge >= 0.3 is 0 Å². The van der Waals surface area contributed by atoms with E-state index in [1.54, 1.807) is 0 Å². The third-order valence-corrected chi connectivity index (χ3v) is 0.424. The van der Waals surface area contributed by atoms with E-state index in [-0.39, 0.29) is 5.91 Å². The molecule has 0 aromatic rings. The van der Waals surface area contributed by atoms with Crippen LogP contribution in [0.3, 0.4) is 0 Å². The zero-order valence-electron chi connectivity index (χ0n) is 5.54. The lowest BCUT2D eigenvalue weighted by atomic mass is 10.6. The molecule has 0 aromatic heterocycles. The molecule has 0 heterocycles.